The first-order valence-electron chi connectivity index (χ1n) is 7.97. The van der Waals surface area contributed by atoms with Gasteiger partial charge in [-0.15, -0.1) is 0 Å². The third-order valence-electron chi connectivity index (χ3n) is 4.82. The van der Waals surface area contributed by atoms with Gasteiger partial charge in [0.05, 0.1) is 6.10 Å². The smallest absolute Gasteiger partial charge is 0.0802 e. The molecule has 0 aromatic heterocycles. The van der Waals surface area contributed by atoms with Crippen molar-refractivity contribution >= 4 is 0 Å². The Morgan fingerprint density at radius 2 is 1.85 bits per heavy atom. The summed E-state index contributed by atoms with van der Waals surface area (Å²) in [6.07, 6.45) is 3.14. The summed E-state index contributed by atoms with van der Waals surface area (Å²) in [4.78, 5) is 2.54. The van der Waals surface area contributed by atoms with Crippen LogP contribution in [0, 0.1) is 19.8 Å². The average Bonchev–Trinajstić information content (AvgIpc) is 2.39. The largest absolute Gasteiger partial charge is 0.388 e. The lowest BCUT2D eigenvalue weighted by Crippen LogP contribution is -2.43. The molecule has 1 heterocycles. The topological polar surface area (TPSA) is 23.5 Å². The molecule has 0 radical (unpaired) electrons. The van der Waals surface area contributed by atoms with Gasteiger partial charge in [0.2, 0.25) is 0 Å². The molecular formula is C18H29NO. The average molecular weight is 275 g/mol. The Bertz CT molecular complexity index is 423. The highest BCUT2D eigenvalue weighted by Gasteiger charge is 2.24. The number of likely N-dealkylation sites (tertiary alicyclic amines) is 1. The molecule has 0 saturated carbocycles. The van der Waals surface area contributed by atoms with Crippen molar-refractivity contribution in [3.05, 3.63) is 34.9 Å². The van der Waals surface area contributed by atoms with E-state index in [4.69, 9.17) is 0 Å². The van der Waals surface area contributed by atoms with Crippen LogP contribution in [0.1, 0.15) is 55.9 Å². The van der Waals surface area contributed by atoms with Crippen molar-refractivity contribution < 1.29 is 5.11 Å². The summed E-state index contributed by atoms with van der Waals surface area (Å²) in [6.45, 7) is 11.0. The van der Waals surface area contributed by atoms with Gasteiger partial charge in [-0.1, -0.05) is 36.2 Å². The van der Waals surface area contributed by atoms with Crippen LogP contribution in [0.15, 0.2) is 18.2 Å². The Morgan fingerprint density at radius 3 is 2.50 bits per heavy atom. The lowest BCUT2D eigenvalue weighted by atomic mass is 9.91. The molecule has 1 aliphatic heterocycles. The van der Waals surface area contributed by atoms with E-state index in [1.165, 1.54) is 30.5 Å². The van der Waals surface area contributed by atoms with Gasteiger partial charge >= 0.3 is 0 Å². The Hall–Kier alpha value is -0.860. The van der Waals surface area contributed by atoms with Crippen LogP contribution < -0.4 is 0 Å². The number of hydrogen-bond donors (Lipinski definition) is 1. The molecule has 20 heavy (non-hydrogen) atoms. The van der Waals surface area contributed by atoms with Crippen LogP contribution in [0.5, 0.6) is 0 Å². The highest BCUT2D eigenvalue weighted by molar-refractivity contribution is 5.29. The van der Waals surface area contributed by atoms with Gasteiger partial charge in [0, 0.05) is 12.6 Å². The van der Waals surface area contributed by atoms with E-state index >= 15 is 0 Å². The molecule has 0 bridgehead atoms. The molecular weight excluding hydrogens is 246 g/mol. The van der Waals surface area contributed by atoms with E-state index in [9.17, 15) is 5.11 Å². The van der Waals surface area contributed by atoms with Gasteiger partial charge in [0.25, 0.3) is 0 Å². The molecule has 1 aromatic carbocycles. The van der Waals surface area contributed by atoms with Crippen molar-refractivity contribution in [1.29, 1.82) is 0 Å². The molecule has 1 aromatic rings. The third-order valence-corrected chi connectivity index (χ3v) is 4.82. The van der Waals surface area contributed by atoms with Gasteiger partial charge in [0.1, 0.15) is 0 Å². The maximum atomic E-state index is 10.4. The normalized spacial score (nSPS) is 25.6. The first-order chi connectivity index (χ1) is 9.47. The SMILES string of the molecule is Cc1cc(C)cc(C(O)CCN2CCCC(C)C2C)c1. The number of nitrogens with zero attached hydrogens (tertiary/aromatic N) is 1. The first-order valence-corrected chi connectivity index (χ1v) is 7.97. The minimum absolute atomic E-state index is 0.335. The maximum Gasteiger partial charge on any atom is 0.0802 e. The Balaban J connectivity index is 1.92. The number of aryl methyl sites for hydroxylation is 2. The zero-order chi connectivity index (χ0) is 14.7. The number of piperidine rings is 1. The number of rotatable bonds is 4. The van der Waals surface area contributed by atoms with Crippen molar-refractivity contribution in [2.75, 3.05) is 13.1 Å². The van der Waals surface area contributed by atoms with Crippen LogP contribution in [-0.2, 0) is 0 Å². The summed E-state index contributed by atoms with van der Waals surface area (Å²) >= 11 is 0. The molecule has 2 nitrogen and oxygen atoms in total. The maximum absolute atomic E-state index is 10.4. The van der Waals surface area contributed by atoms with E-state index in [0.717, 1.165) is 24.4 Å². The lowest BCUT2D eigenvalue weighted by molar-refractivity contribution is 0.0839. The molecule has 0 aliphatic carbocycles. The molecule has 1 fully saturated rings. The Labute approximate surface area is 123 Å². The predicted octanol–water partition coefficient (Wildman–Crippen LogP) is 3.85. The van der Waals surface area contributed by atoms with Crippen LogP contribution in [0.3, 0.4) is 0 Å². The highest BCUT2D eigenvalue weighted by Crippen LogP contribution is 2.25. The van der Waals surface area contributed by atoms with E-state index < -0.39 is 0 Å². The fraction of sp³-hybridized carbons (Fsp3) is 0.667. The van der Waals surface area contributed by atoms with E-state index in [1.807, 2.05) is 0 Å². The zero-order valence-corrected chi connectivity index (χ0v) is 13.4. The molecule has 2 heteroatoms. The summed E-state index contributed by atoms with van der Waals surface area (Å²) in [5, 5.41) is 10.4. The second-order valence-electron chi connectivity index (χ2n) is 6.62. The summed E-state index contributed by atoms with van der Waals surface area (Å²) in [6, 6.07) is 7.03. The molecule has 1 aliphatic rings. The second-order valence-corrected chi connectivity index (χ2v) is 6.62. The lowest BCUT2D eigenvalue weighted by Gasteiger charge is -2.38. The summed E-state index contributed by atoms with van der Waals surface area (Å²) in [5.41, 5.74) is 3.54. The van der Waals surface area contributed by atoms with Crippen LogP contribution in [0.25, 0.3) is 0 Å². The molecule has 0 spiro atoms. The quantitative estimate of drug-likeness (QED) is 0.902. The molecule has 0 amide bonds. The van der Waals surface area contributed by atoms with Gasteiger partial charge in [-0.2, -0.15) is 0 Å². The number of hydrogen-bond acceptors (Lipinski definition) is 2. The number of benzene rings is 1. The molecule has 2 rings (SSSR count). The number of aliphatic hydroxyl groups is 1. The summed E-state index contributed by atoms with van der Waals surface area (Å²) < 4.78 is 0. The van der Waals surface area contributed by atoms with E-state index in [0.29, 0.717) is 6.04 Å². The van der Waals surface area contributed by atoms with Crippen LogP contribution in [0.2, 0.25) is 0 Å². The van der Waals surface area contributed by atoms with Crippen LogP contribution in [-0.4, -0.2) is 29.1 Å². The first kappa shape index (κ1) is 15.5. The monoisotopic (exact) mass is 275 g/mol. The van der Waals surface area contributed by atoms with Gasteiger partial charge in [-0.3, -0.25) is 0 Å². The minimum atomic E-state index is -0.335. The van der Waals surface area contributed by atoms with Crippen LogP contribution >= 0.6 is 0 Å². The van der Waals surface area contributed by atoms with Crippen molar-refractivity contribution in [2.24, 2.45) is 5.92 Å². The van der Waals surface area contributed by atoms with Crippen LogP contribution in [0.4, 0.5) is 0 Å². The van der Waals surface area contributed by atoms with Gasteiger partial charge in [-0.05, 0) is 58.1 Å². The fourth-order valence-electron chi connectivity index (χ4n) is 3.39. The molecule has 1 saturated heterocycles. The number of aliphatic hydroxyl groups excluding tert-OH is 1. The van der Waals surface area contributed by atoms with Gasteiger partial charge < -0.3 is 10.0 Å². The van der Waals surface area contributed by atoms with E-state index in [2.05, 4.69) is 50.8 Å². The van der Waals surface area contributed by atoms with Gasteiger partial charge in [0.15, 0.2) is 0 Å². The Kier molecular flexibility index (Phi) is 5.22. The predicted molar refractivity (Wildman–Crippen MR) is 84.9 cm³/mol. The third kappa shape index (κ3) is 3.83. The summed E-state index contributed by atoms with van der Waals surface area (Å²) in [7, 11) is 0. The highest BCUT2D eigenvalue weighted by atomic mass is 16.3. The Morgan fingerprint density at radius 1 is 1.20 bits per heavy atom. The van der Waals surface area contributed by atoms with E-state index in [1.54, 1.807) is 0 Å². The molecule has 1 N–H and O–H groups in total. The van der Waals surface area contributed by atoms with Gasteiger partial charge in [-0.25, -0.2) is 0 Å². The van der Waals surface area contributed by atoms with Crippen molar-refractivity contribution in [3.63, 3.8) is 0 Å². The second kappa shape index (κ2) is 6.73. The van der Waals surface area contributed by atoms with E-state index in [-0.39, 0.29) is 6.10 Å². The van der Waals surface area contributed by atoms with Crippen molar-refractivity contribution in [3.8, 4) is 0 Å². The minimum Gasteiger partial charge on any atom is -0.388 e. The van der Waals surface area contributed by atoms with Crippen molar-refractivity contribution in [2.45, 2.75) is 59.1 Å². The standard InChI is InChI=1S/C18H29NO/c1-13-10-14(2)12-17(11-13)18(20)7-9-19-8-5-6-15(3)16(19)4/h10-12,15-16,18,20H,5-9H2,1-4H3. The fourth-order valence-corrected chi connectivity index (χ4v) is 3.39. The zero-order valence-electron chi connectivity index (χ0n) is 13.4. The molecule has 3 atom stereocenters. The molecule has 3 unspecified atom stereocenters. The summed E-state index contributed by atoms with van der Waals surface area (Å²) in [5.74, 6) is 0.780. The molecule has 112 valence electrons. The van der Waals surface area contributed by atoms with Crippen molar-refractivity contribution in [1.82, 2.24) is 4.90 Å².